The standard InChI is InChI=1S/C37H41ClN4O4/c1-25-18-20-41(33(36(39)45)23-28-13-7-12-27-11-5-6-16-32(27)28)37(46)35(29-14-8-15-30(38)22-29)42(25)34(44)17-19-40-31(24-43)21-26-9-3-2-4-10-26/h2-16,22,25,31,33,35,40,43H,17-21,23-24H2,1H3,(H2,39,45). The van der Waals surface area contributed by atoms with E-state index in [9.17, 15) is 19.5 Å². The molecule has 3 amide bonds. The number of rotatable bonds is 12. The first-order valence-electron chi connectivity index (χ1n) is 15.8. The molecule has 4 atom stereocenters. The summed E-state index contributed by atoms with van der Waals surface area (Å²) in [6, 6.07) is 28.2. The van der Waals surface area contributed by atoms with Crippen LogP contribution in [0.25, 0.3) is 10.8 Å². The number of hydrogen-bond donors (Lipinski definition) is 3. The number of aliphatic hydroxyl groups is 1. The van der Waals surface area contributed by atoms with Crippen molar-refractivity contribution in [3.05, 3.63) is 119 Å². The molecule has 4 aromatic rings. The van der Waals surface area contributed by atoms with Crippen LogP contribution in [0.4, 0.5) is 0 Å². The minimum absolute atomic E-state index is 0.0764. The Kier molecular flexibility index (Phi) is 11.1. The van der Waals surface area contributed by atoms with Gasteiger partial charge in [-0.25, -0.2) is 0 Å². The number of nitrogens with zero attached hydrogens (tertiary/aromatic N) is 2. The minimum atomic E-state index is -0.990. The van der Waals surface area contributed by atoms with Gasteiger partial charge in [-0.15, -0.1) is 0 Å². The fourth-order valence-electron chi connectivity index (χ4n) is 6.44. The van der Waals surface area contributed by atoms with Gasteiger partial charge in [0.25, 0.3) is 5.91 Å². The molecule has 1 heterocycles. The number of aliphatic hydroxyl groups excluding tert-OH is 1. The Bertz CT molecular complexity index is 1660. The van der Waals surface area contributed by atoms with E-state index in [-0.39, 0.29) is 49.9 Å². The molecule has 5 rings (SSSR count). The van der Waals surface area contributed by atoms with E-state index in [0.29, 0.717) is 30.0 Å². The molecule has 4 N–H and O–H groups in total. The van der Waals surface area contributed by atoms with Crippen LogP contribution in [0.15, 0.2) is 97.1 Å². The van der Waals surface area contributed by atoms with Crippen LogP contribution >= 0.6 is 11.6 Å². The third-order valence-corrected chi connectivity index (χ3v) is 9.06. The molecule has 1 saturated heterocycles. The summed E-state index contributed by atoms with van der Waals surface area (Å²) in [5.41, 5.74) is 8.58. The number of fused-ring (bicyclic) bond motifs is 1. The molecule has 240 valence electrons. The van der Waals surface area contributed by atoms with Crippen LogP contribution in [-0.2, 0) is 27.2 Å². The zero-order valence-electron chi connectivity index (χ0n) is 26.0. The number of amides is 3. The van der Waals surface area contributed by atoms with Crippen LogP contribution in [-0.4, -0.2) is 70.4 Å². The van der Waals surface area contributed by atoms with Gasteiger partial charge in [-0.3, -0.25) is 14.4 Å². The highest BCUT2D eigenvalue weighted by molar-refractivity contribution is 6.30. The van der Waals surface area contributed by atoms with E-state index >= 15 is 0 Å². The van der Waals surface area contributed by atoms with Gasteiger partial charge in [0.2, 0.25) is 11.8 Å². The molecule has 0 bridgehead atoms. The van der Waals surface area contributed by atoms with E-state index in [4.69, 9.17) is 17.3 Å². The molecule has 4 unspecified atom stereocenters. The lowest BCUT2D eigenvalue weighted by atomic mass is 9.96. The van der Waals surface area contributed by atoms with Gasteiger partial charge in [-0.2, -0.15) is 0 Å². The molecule has 9 heteroatoms. The molecular weight excluding hydrogens is 600 g/mol. The first-order valence-corrected chi connectivity index (χ1v) is 16.2. The number of benzene rings is 4. The summed E-state index contributed by atoms with van der Waals surface area (Å²) < 4.78 is 0. The summed E-state index contributed by atoms with van der Waals surface area (Å²) in [5.74, 6) is -1.17. The summed E-state index contributed by atoms with van der Waals surface area (Å²) in [6.45, 7) is 2.44. The van der Waals surface area contributed by atoms with Gasteiger partial charge >= 0.3 is 0 Å². The average molecular weight is 641 g/mol. The number of halogens is 1. The van der Waals surface area contributed by atoms with Crippen LogP contribution in [0, 0.1) is 0 Å². The number of nitrogens with two attached hydrogens (primary N) is 1. The van der Waals surface area contributed by atoms with Crippen LogP contribution in [0.2, 0.25) is 5.02 Å². The number of nitrogens with one attached hydrogen (secondary N) is 1. The second-order valence-electron chi connectivity index (χ2n) is 12.0. The van der Waals surface area contributed by atoms with Crippen molar-refractivity contribution in [3.63, 3.8) is 0 Å². The predicted octanol–water partition coefficient (Wildman–Crippen LogP) is 4.66. The maximum Gasteiger partial charge on any atom is 0.250 e. The number of primary amides is 1. The van der Waals surface area contributed by atoms with Gasteiger partial charge in [0.05, 0.1) is 6.61 Å². The Morgan fingerprint density at radius 2 is 1.70 bits per heavy atom. The molecule has 4 aromatic carbocycles. The van der Waals surface area contributed by atoms with E-state index in [0.717, 1.165) is 21.9 Å². The van der Waals surface area contributed by atoms with Crippen molar-refractivity contribution in [2.24, 2.45) is 5.73 Å². The molecule has 0 aromatic heterocycles. The topological polar surface area (TPSA) is 116 Å². The molecule has 0 spiro atoms. The quantitative estimate of drug-likeness (QED) is 0.208. The second kappa shape index (κ2) is 15.4. The largest absolute Gasteiger partial charge is 0.395 e. The summed E-state index contributed by atoms with van der Waals surface area (Å²) in [6.07, 6.45) is 1.46. The maximum atomic E-state index is 14.6. The lowest BCUT2D eigenvalue weighted by Gasteiger charge is -2.36. The van der Waals surface area contributed by atoms with Crippen LogP contribution in [0.1, 0.15) is 42.5 Å². The average Bonchev–Trinajstić information content (AvgIpc) is 3.18. The smallest absolute Gasteiger partial charge is 0.250 e. The van der Waals surface area contributed by atoms with Gasteiger partial charge in [-0.05, 0) is 59.4 Å². The predicted molar refractivity (Wildman–Crippen MR) is 181 cm³/mol. The highest BCUT2D eigenvalue weighted by Gasteiger charge is 2.43. The van der Waals surface area contributed by atoms with E-state index in [2.05, 4.69) is 5.32 Å². The molecule has 8 nitrogen and oxygen atoms in total. The number of carbonyl (C=O) groups is 3. The van der Waals surface area contributed by atoms with E-state index < -0.39 is 18.0 Å². The van der Waals surface area contributed by atoms with Gasteiger partial charge in [-0.1, -0.05) is 96.5 Å². The lowest BCUT2D eigenvalue weighted by Crippen LogP contribution is -2.52. The minimum Gasteiger partial charge on any atom is -0.395 e. The van der Waals surface area contributed by atoms with Gasteiger partial charge in [0.1, 0.15) is 12.1 Å². The second-order valence-corrected chi connectivity index (χ2v) is 12.4. The monoisotopic (exact) mass is 640 g/mol. The first-order chi connectivity index (χ1) is 22.3. The summed E-state index contributed by atoms with van der Waals surface area (Å²) in [7, 11) is 0. The normalized spacial score (nSPS) is 18.3. The lowest BCUT2D eigenvalue weighted by molar-refractivity contribution is -0.148. The van der Waals surface area contributed by atoms with Crippen molar-refractivity contribution >= 4 is 40.1 Å². The van der Waals surface area contributed by atoms with Crippen LogP contribution in [0.3, 0.4) is 0 Å². The van der Waals surface area contributed by atoms with Crippen molar-refractivity contribution in [1.29, 1.82) is 0 Å². The third-order valence-electron chi connectivity index (χ3n) is 8.83. The molecular formula is C37H41ClN4O4. The molecule has 0 aliphatic carbocycles. The Morgan fingerprint density at radius 1 is 0.978 bits per heavy atom. The number of carbonyl (C=O) groups excluding carboxylic acids is 3. The first kappa shape index (κ1) is 33.1. The zero-order chi connectivity index (χ0) is 32.6. The van der Waals surface area contributed by atoms with Gasteiger partial charge < -0.3 is 26.0 Å². The van der Waals surface area contributed by atoms with Crippen LogP contribution in [0.5, 0.6) is 0 Å². The Labute approximate surface area is 275 Å². The molecule has 46 heavy (non-hydrogen) atoms. The highest BCUT2D eigenvalue weighted by Crippen LogP contribution is 2.33. The number of hydrogen-bond acceptors (Lipinski definition) is 5. The molecule has 0 radical (unpaired) electrons. The molecule has 1 fully saturated rings. The van der Waals surface area contributed by atoms with Gasteiger partial charge in [0.15, 0.2) is 0 Å². The molecule has 1 aliphatic heterocycles. The van der Waals surface area contributed by atoms with Crippen LogP contribution < -0.4 is 11.1 Å². The van der Waals surface area contributed by atoms with Crippen molar-refractivity contribution in [2.75, 3.05) is 19.7 Å². The summed E-state index contributed by atoms with van der Waals surface area (Å²) >= 11 is 6.39. The van der Waals surface area contributed by atoms with Crippen molar-refractivity contribution in [2.45, 2.75) is 56.8 Å². The van der Waals surface area contributed by atoms with E-state index in [1.165, 1.54) is 0 Å². The summed E-state index contributed by atoms with van der Waals surface area (Å²) in [4.78, 5) is 44.8. The third kappa shape index (κ3) is 7.76. The molecule has 0 saturated carbocycles. The fraction of sp³-hybridized carbons (Fsp3) is 0.324. The SMILES string of the molecule is CC1CCN(C(Cc2cccc3ccccc23)C(N)=O)C(=O)C(c2cccc(Cl)c2)N1C(=O)CCNC(CO)Cc1ccccc1. The maximum absolute atomic E-state index is 14.6. The van der Waals surface area contributed by atoms with Crippen molar-refractivity contribution in [3.8, 4) is 0 Å². The Morgan fingerprint density at radius 3 is 2.43 bits per heavy atom. The Hall–Kier alpha value is -4.24. The fourth-order valence-corrected chi connectivity index (χ4v) is 6.64. The van der Waals surface area contributed by atoms with Crippen molar-refractivity contribution in [1.82, 2.24) is 15.1 Å². The van der Waals surface area contributed by atoms with Crippen molar-refractivity contribution < 1.29 is 19.5 Å². The highest BCUT2D eigenvalue weighted by atomic mass is 35.5. The zero-order valence-corrected chi connectivity index (χ0v) is 26.8. The van der Waals surface area contributed by atoms with E-state index in [1.807, 2.05) is 79.7 Å². The van der Waals surface area contributed by atoms with Gasteiger partial charge in [0, 0.05) is 43.0 Å². The van der Waals surface area contributed by atoms with E-state index in [1.54, 1.807) is 34.1 Å². The molecule has 1 aliphatic rings. The summed E-state index contributed by atoms with van der Waals surface area (Å²) in [5, 5.41) is 15.7. The Balaban J connectivity index is 1.40.